The van der Waals surface area contributed by atoms with Crippen molar-refractivity contribution in [3.05, 3.63) is 64.7 Å². The maximum atomic E-state index is 12.4. The molecule has 1 fully saturated rings. The maximum absolute atomic E-state index is 12.4. The van der Waals surface area contributed by atoms with Crippen LogP contribution < -0.4 is 10.1 Å². The van der Waals surface area contributed by atoms with Crippen molar-refractivity contribution in [3.8, 4) is 5.75 Å². The lowest BCUT2D eigenvalue weighted by Crippen LogP contribution is -2.40. The number of carbonyl (C=O) groups is 1. The van der Waals surface area contributed by atoms with E-state index in [2.05, 4.69) is 16.3 Å². The minimum absolute atomic E-state index is 0.0126. The van der Waals surface area contributed by atoms with E-state index in [0.717, 1.165) is 29.2 Å². The van der Waals surface area contributed by atoms with Gasteiger partial charge in [-0.15, -0.1) is 0 Å². The van der Waals surface area contributed by atoms with Gasteiger partial charge in [0.25, 0.3) is 5.91 Å². The molecule has 0 bridgehead atoms. The molecule has 0 radical (unpaired) electrons. The quantitative estimate of drug-likeness (QED) is 0.728. The normalized spacial score (nSPS) is 16.2. The zero-order valence-corrected chi connectivity index (χ0v) is 17.3. The number of hydrogen-bond donors (Lipinski definition) is 1. The Morgan fingerprint density at radius 2 is 1.86 bits per heavy atom. The first-order chi connectivity index (χ1) is 13.6. The van der Waals surface area contributed by atoms with Crippen molar-refractivity contribution in [2.45, 2.75) is 38.6 Å². The number of rotatable bonds is 7. The van der Waals surface area contributed by atoms with Gasteiger partial charge in [-0.25, -0.2) is 0 Å². The number of benzene rings is 2. The van der Waals surface area contributed by atoms with E-state index in [1.807, 2.05) is 49.4 Å². The van der Waals surface area contributed by atoms with Crippen LogP contribution in [-0.2, 0) is 4.79 Å². The number of halogens is 1. The van der Waals surface area contributed by atoms with E-state index in [9.17, 15) is 4.79 Å². The van der Waals surface area contributed by atoms with Crippen LogP contribution in [0, 0.1) is 6.92 Å². The summed E-state index contributed by atoms with van der Waals surface area (Å²) in [5, 5.41) is 3.80. The highest BCUT2D eigenvalue weighted by Gasteiger charge is 2.24. The Morgan fingerprint density at radius 3 is 2.57 bits per heavy atom. The second-order valence-electron chi connectivity index (χ2n) is 7.40. The molecule has 1 atom stereocenters. The van der Waals surface area contributed by atoms with Crippen LogP contribution in [0.2, 0.25) is 5.02 Å². The summed E-state index contributed by atoms with van der Waals surface area (Å²) < 4.78 is 5.62. The Labute approximate surface area is 172 Å². The fourth-order valence-corrected chi connectivity index (χ4v) is 3.97. The van der Waals surface area contributed by atoms with Crippen molar-refractivity contribution in [2.24, 2.45) is 0 Å². The second kappa shape index (κ2) is 10.5. The molecule has 1 aliphatic rings. The zero-order chi connectivity index (χ0) is 19.8. The van der Waals surface area contributed by atoms with Crippen molar-refractivity contribution in [1.82, 2.24) is 10.2 Å². The summed E-state index contributed by atoms with van der Waals surface area (Å²) in [6.07, 6.45) is 4.90. The number of amides is 1. The van der Waals surface area contributed by atoms with Crippen LogP contribution in [0.3, 0.4) is 0 Å². The third-order valence-corrected chi connectivity index (χ3v) is 5.54. The average Bonchev–Trinajstić information content (AvgIpc) is 2.97. The van der Waals surface area contributed by atoms with Gasteiger partial charge in [-0.3, -0.25) is 9.69 Å². The first-order valence-corrected chi connectivity index (χ1v) is 10.5. The van der Waals surface area contributed by atoms with Crippen LogP contribution in [-0.4, -0.2) is 37.0 Å². The Morgan fingerprint density at radius 1 is 1.11 bits per heavy atom. The van der Waals surface area contributed by atoms with Crippen molar-refractivity contribution in [3.63, 3.8) is 0 Å². The SMILES string of the molecule is Cc1cccc(OCC(=O)NC[C@H](c2ccccc2Cl)N2CCCCCC2)c1. The monoisotopic (exact) mass is 400 g/mol. The maximum Gasteiger partial charge on any atom is 0.258 e. The van der Waals surface area contributed by atoms with E-state index in [1.165, 1.54) is 25.7 Å². The summed E-state index contributed by atoms with van der Waals surface area (Å²) in [7, 11) is 0. The third-order valence-electron chi connectivity index (χ3n) is 5.20. The van der Waals surface area contributed by atoms with Gasteiger partial charge in [-0.05, 0) is 62.2 Å². The van der Waals surface area contributed by atoms with Gasteiger partial charge in [-0.1, -0.05) is 54.8 Å². The Balaban J connectivity index is 1.62. The van der Waals surface area contributed by atoms with Crippen LogP contribution in [0.25, 0.3) is 0 Å². The van der Waals surface area contributed by atoms with Gasteiger partial charge in [0.15, 0.2) is 6.61 Å². The highest BCUT2D eigenvalue weighted by atomic mass is 35.5. The number of carbonyl (C=O) groups excluding carboxylic acids is 1. The number of nitrogens with one attached hydrogen (secondary N) is 1. The summed E-state index contributed by atoms with van der Waals surface area (Å²) in [6.45, 7) is 4.61. The minimum atomic E-state index is -0.117. The molecule has 0 saturated carbocycles. The van der Waals surface area contributed by atoms with Gasteiger partial charge in [-0.2, -0.15) is 0 Å². The van der Waals surface area contributed by atoms with E-state index in [4.69, 9.17) is 16.3 Å². The molecule has 150 valence electrons. The first-order valence-electron chi connectivity index (χ1n) is 10.1. The number of ether oxygens (including phenoxy) is 1. The fourth-order valence-electron chi connectivity index (χ4n) is 3.70. The van der Waals surface area contributed by atoms with E-state index in [1.54, 1.807) is 0 Å². The van der Waals surface area contributed by atoms with Crippen LogP contribution in [0.4, 0.5) is 0 Å². The third kappa shape index (κ3) is 5.98. The molecule has 1 N–H and O–H groups in total. The first kappa shape index (κ1) is 20.7. The molecule has 1 heterocycles. The predicted octanol–water partition coefficient (Wildman–Crippen LogP) is 4.76. The van der Waals surface area contributed by atoms with Gasteiger partial charge in [0, 0.05) is 11.6 Å². The average molecular weight is 401 g/mol. The van der Waals surface area contributed by atoms with E-state index in [0.29, 0.717) is 12.3 Å². The minimum Gasteiger partial charge on any atom is -0.484 e. The zero-order valence-electron chi connectivity index (χ0n) is 16.5. The molecule has 0 aromatic heterocycles. The lowest BCUT2D eigenvalue weighted by Gasteiger charge is -2.31. The molecule has 4 nitrogen and oxygen atoms in total. The molecular weight excluding hydrogens is 372 g/mol. The summed E-state index contributed by atoms with van der Waals surface area (Å²) in [6, 6.07) is 15.7. The largest absolute Gasteiger partial charge is 0.484 e. The van der Waals surface area contributed by atoms with Crippen molar-refractivity contribution in [1.29, 1.82) is 0 Å². The molecule has 0 unspecified atom stereocenters. The molecular formula is C23H29ClN2O2. The number of hydrogen-bond acceptors (Lipinski definition) is 3. The van der Waals surface area contributed by atoms with E-state index >= 15 is 0 Å². The molecule has 2 aromatic rings. The molecule has 28 heavy (non-hydrogen) atoms. The van der Waals surface area contributed by atoms with Crippen LogP contribution in [0.15, 0.2) is 48.5 Å². The van der Waals surface area contributed by atoms with Gasteiger partial charge in [0.05, 0.1) is 6.04 Å². The highest BCUT2D eigenvalue weighted by molar-refractivity contribution is 6.31. The molecule has 1 saturated heterocycles. The van der Waals surface area contributed by atoms with Crippen LogP contribution in [0.5, 0.6) is 5.75 Å². The van der Waals surface area contributed by atoms with Gasteiger partial charge < -0.3 is 10.1 Å². The summed E-state index contributed by atoms with van der Waals surface area (Å²) in [4.78, 5) is 14.8. The molecule has 2 aromatic carbocycles. The molecule has 5 heteroatoms. The fraction of sp³-hybridized carbons (Fsp3) is 0.435. The highest BCUT2D eigenvalue weighted by Crippen LogP contribution is 2.29. The second-order valence-corrected chi connectivity index (χ2v) is 7.80. The van der Waals surface area contributed by atoms with Crippen molar-refractivity contribution >= 4 is 17.5 Å². The molecule has 1 aliphatic heterocycles. The van der Waals surface area contributed by atoms with E-state index < -0.39 is 0 Å². The number of aryl methyl sites for hydroxylation is 1. The summed E-state index contributed by atoms with van der Waals surface area (Å²) in [5.74, 6) is 0.596. The van der Waals surface area contributed by atoms with Gasteiger partial charge in [0.2, 0.25) is 0 Å². The smallest absolute Gasteiger partial charge is 0.258 e. The van der Waals surface area contributed by atoms with Crippen molar-refractivity contribution in [2.75, 3.05) is 26.2 Å². The lowest BCUT2D eigenvalue weighted by molar-refractivity contribution is -0.123. The predicted molar refractivity (Wildman–Crippen MR) is 114 cm³/mol. The Bertz CT molecular complexity index is 773. The lowest BCUT2D eigenvalue weighted by atomic mass is 10.0. The van der Waals surface area contributed by atoms with E-state index in [-0.39, 0.29) is 18.6 Å². The van der Waals surface area contributed by atoms with Crippen LogP contribution in [0.1, 0.15) is 42.9 Å². The Kier molecular flexibility index (Phi) is 7.75. The van der Waals surface area contributed by atoms with Crippen molar-refractivity contribution < 1.29 is 9.53 Å². The number of likely N-dealkylation sites (tertiary alicyclic amines) is 1. The number of nitrogens with zero attached hydrogens (tertiary/aromatic N) is 1. The molecule has 0 spiro atoms. The standard InChI is InChI=1S/C23H29ClN2O2/c1-18-9-8-10-19(15-18)28-17-23(27)25-16-22(20-11-4-5-12-21(20)24)26-13-6-2-3-7-14-26/h4-5,8-12,15,22H,2-3,6-7,13-14,16-17H2,1H3,(H,25,27)/t22-/m1/s1. The van der Waals surface area contributed by atoms with Gasteiger partial charge in [0.1, 0.15) is 5.75 Å². The Hall–Kier alpha value is -2.04. The van der Waals surface area contributed by atoms with Gasteiger partial charge >= 0.3 is 0 Å². The molecule has 0 aliphatic carbocycles. The molecule has 3 rings (SSSR count). The summed E-state index contributed by atoms with van der Waals surface area (Å²) in [5.41, 5.74) is 2.18. The van der Waals surface area contributed by atoms with Crippen LogP contribution >= 0.6 is 11.6 Å². The topological polar surface area (TPSA) is 41.6 Å². The molecule has 1 amide bonds. The summed E-state index contributed by atoms with van der Waals surface area (Å²) >= 11 is 6.49.